The molecule has 2 aliphatic carbocycles. The lowest BCUT2D eigenvalue weighted by Gasteiger charge is -2.37. The topological polar surface area (TPSA) is 137 Å². The Hall–Kier alpha value is -3.43. The standard InChI is InChI=1S/C30H41F2N9O3S.CH4/c1-39-13-15-40(16-14-39)28(42)19-3-10-23(11-4-19)41-27-26(36-30(41)35-25-12-5-20(31)17-24(25)32)18-33-29(37-27)34-21-6-8-22(9-7-21)38-45(2,43)44;/h5,12,17-19,21-23,38H,3-4,6-11,13-16H2,1-2H3,(H,35,36)(H,33,34,37);1H4. The van der Waals surface area contributed by atoms with Gasteiger partial charge in [-0.2, -0.15) is 4.98 Å². The molecule has 0 bridgehead atoms. The molecule has 1 aromatic carbocycles. The number of sulfonamides is 1. The Labute approximate surface area is 269 Å². The molecule has 0 unspecified atom stereocenters. The van der Waals surface area contributed by atoms with Gasteiger partial charge in [0.25, 0.3) is 0 Å². The van der Waals surface area contributed by atoms with Crippen LogP contribution < -0.4 is 15.4 Å². The number of nitrogens with zero attached hydrogens (tertiary/aromatic N) is 6. The second kappa shape index (κ2) is 14.1. The fourth-order valence-corrected chi connectivity index (χ4v) is 7.65. The molecule has 15 heteroatoms. The van der Waals surface area contributed by atoms with Crippen LogP contribution in [-0.4, -0.2) is 95.2 Å². The van der Waals surface area contributed by atoms with Gasteiger partial charge in [-0.3, -0.25) is 9.36 Å². The van der Waals surface area contributed by atoms with Crippen LogP contribution in [0.15, 0.2) is 24.4 Å². The molecule has 3 aromatic rings. The van der Waals surface area contributed by atoms with Gasteiger partial charge in [-0.05, 0) is 70.5 Å². The Morgan fingerprint density at radius 3 is 2.26 bits per heavy atom. The lowest BCUT2D eigenvalue weighted by molar-refractivity contribution is -0.138. The monoisotopic (exact) mass is 661 g/mol. The molecule has 3 heterocycles. The van der Waals surface area contributed by atoms with Gasteiger partial charge in [-0.25, -0.2) is 31.9 Å². The number of fused-ring (bicyclic) bond motifs is 1. The number of imidazole rings is 1. The van der Waals surface area contributed by atoms with Crippen molar-refractivity contribution in [1.29, 1.82) is 0 Å². The number of halogens is 2. The summed E-state index contributed by atoms with van der Waals surface area (Å²) < 4.78 is 56.2. The number of hydrogen-bond donors (Lipinski definition) is 3. The molecule has 1 saturated heterocycles. The number of aromatic nitrogens is 4. The van der Waals surface area contributed by atoms with Crippen molar-refractivity contribution in [3.05, 3.63) is 36.0 Å². The number of piperazine rings is 1. The third kappa shape index (κ3) is 7.92. The number of carbonyl (C=O) groups is 1. The van der Waals surface area contributed by atoms with E-state index in [0.717, 1.165) is 70.8 Å². The summed E-state index contributed by atoms with van der Waals surface area (Å²) in [5.41, 5.74) is 1.21. The third-order valence-electron chi connectivity index (χ3n) is 9.28. The predicted octanol–water partition coefficient (Wildman–Crippen LogP) is 4.26. The van der Waals surface area contributed by atoms with E-state index in [-0.39, 0.29) is 43.1 Å². The first-order valence-corrected chi connectivity index (χ1v) is 17.6. The van der Waals surface area contributed by atoms with Crippen molar-refractivity contribution in [3.63, 3.8) is 0 Å². The van der Waals surface area contributed by atoms with Crippen LogP contribution in [0.1, 0.15) is 64.8 Å². The molecule has 3 N–H and O–H groups in total. The number of hydrogen-bond acceptors (Lipinski definition) is 9. The van der Waals surface area contributed by atoms with Gasteiger partial charge in [0.05, 0.1) is 18.1 Å². The van der Waals surface area contributed by atoms with Crippen molar-refractivity contribution in [1.82, 2.24) is 34.0 Å². The quantitative estimate of drug-likeness (QED) is 0.323. The first-order valence-electron chi connectivity index (χ1n) is 15.7. The van der Waals surface area contributed by atoms with Crippen molar-refractivity contribution < 1.29 is 22.0 Å². The second-order valence-corrected chi connectivity index (χ2v) is 14.5. The maximum atomic E-state index is 14.7. The number of benzene rings is 1. The van der Waals surface area contributed by atoms with Crippen LogP contribution in [0.2, 0.25) is 0 Å². The predicted molar refractivity (Wildman–Crippen MR) is 174 cm³/mol. The van der Waals surface area contributed by atoms with Crippen molar-refractivity contribution in [3.8, 4) is 0 Å². The zero-order chi connectivity index (χ0) is 31.7. The van der Waals surface area contributed by atoms with E-state index in [0.29, 0.717) is 35.9 Å². The summed E-state index contributed by atoms with van der Waals surface area (Å²) in [4.78, 5) is 31.6. The van der Waals surface area contributed by atoms with Crippen molar-refractivity contribution in [2.45, 2.75) is 76.9 Å². The number of rotatable bonds is 8. The molecular weight excluding hydrogens is 616 g/mol. The molecule has 2 aromatic heterocycles. The van der Waals surface area contributed by atoms with Gasteiger partial charge in [0.1, 0.15) is 17.2 Å². The SMILES string of the molecule is C.CN1CCN(C(=O)C2CCC(n3c(Nc4ccc(F)cc4F)nc4cnc(NC5CCC(NS(C)(=O)=O)CC5)nc43)CC2)CC1. The van der Waals surface area contributed by atoms with E-state index in [1.54, 1.807) is 6.20 Å². The molecule has 1 amide bonds. The van der Waals surface area contributed by atoms with Gasteiger partial charge in [0, 0.05) is 56.3 Å². The molecule has 0 atom stereocenters. The molecule has 2 saturated carbocycles. The summed E-state index contributed by atoms with van der Waals surface area (Å²) in [5.74, 6) is -0.407. The molecule has 6 rings (SSSR count). The molecule has 252 valence electrons. The maximum absolute atomic E-state index is 14.7. The Kier molecular flexibility index (Phi) is 10.4. The Bertz CT molecular complexity index is 1630. The average molecular weight is 662 g/mol. The van der Waals surface area contributed by atoms with E-state index in [1.165, 1.54) is 18.4 Å². The van der Waals surface area contributed by atoms with Crippen molar-refractivity contribution in [2.24, 2.45) is 5.92 Å². The molecule has 0 radical (unpaired) electrons. The van der Waals surface area contributed by atoms with Crippen LogP contribution in [0, 0.1) is 17.6 Å². The largest absolute Gasteiger partial charge is 0.351 e. The van der Waals surface area contributed by atoms with Gasteiger partial charge in [-0.15, -0.1) is 0 Å². The highest BCUT2D eigenvalue weighted by Gasteiger charge is 2.33. The van der Waals surface area contributed by atoms with E-state index in [9.17, 15) is 22.0 Å². The minimum Gasteiger partial charge on any atom is -0.351 e. The zero-order valence-electron chi connectivity index (χ0n) is 25.7. The first-order chi connectivity index (χ1) is 21.5. The highest BCUT2D eigenvalue weighted by molar-refractivity contribution is 7.88. The fourth-order valence-electron chi connectivity index (χ4n) is 6.81. The number of likely N-dealkylation sites (N-methyl/N-ethyl adjacent to an activating group) is 1. The lowest BCUT2D eigenvalue weighted by atomic mass is 9.85. The summed E-state index contributed by atoms with van der Waals surface area (Å²) in [6.45, 7) is 3.26. The van der Waals surface area contributed by atoms with Gasteiger partial charge >= 0.3 is 0 Å². The van der Waals surface area contributed by atoms with Crippen LogP contribution in [0.25, 0.3) is 11.2 Å². The van der Waals surface area contributed by atoms with Gasteiger partial charge in [-0.1, -0.05) is 7.43 Å². The lowest BCUT2D eigenvalue weighted by Crippen LogP contribution is -2.49. The van der Waals surface area contributed by atoms with E-state index in [2.05, 4.69) is 32.3 Å². The summed E-state index contributed by atoms with van der Waals surface area (Å²) >= 11 is 0. The molecule has 1 aliphatic heterocycles. The third-order valence-corrected chi connectivity index (χ3v) is 10.0. The van der Waals surface area contributed by atoms with Crippen LogP contribution in [0.5, 0.6) is 0 Å². The van der Waals surface area contributed by atoms with Gasteiger partial charge in [0.2, 0.25) is 27.8 Å². The highest BCUT2D eigenvalue weighted by atomic mass is 32.2. The van der Waals surface area contributed by atoms with E-state index >= 15 is 0 Å². The summed E-state index contributed by atoms with van der Waals surface area (Å²) in [6, 6.07) is 3.31. The first kappa shape index (κ1) is 33.9. The van der Waals surface area contributed by atoms with Crippen LogP contribution >= 0.6 is 0 Å². The van der Waals surface area contributed by atoms with Crippen LogP contribution in [-0.2, 0) is 14.8 Å². The summed E-state index contributed by atoms with van der Waals surface area (Å²) in [6.07, 6.45) is 8.63. The van der Waals surface area contributed by atoms with Crippen LogP contribution in [0.3, 0.4) is 0 Å². The highest BCUT2D eigenvalue weighted by Crippen LogP contribution is 2.38. The molecule has 0 spiro atoms. The number of anilines is 3. The van der Waals surface area contributed by atoms with Crippen molar-refractivity contribution in [2.75, 3.05) is 50.1 Å². The number of nitrogens with one attached hydrogen (secondary N) is 3. The van der Waals surface area contributed by atoms with Gasteiger partial charge < -0.3 is 20.4 Å². The maximum Gasteiger partial charge on any atom is 0.225 e. The normalized spacial score (nSPS) is 24.4. The van der Waals surface area contributed by atoms with Crippen molar-refractivity contribution >= 4 is 44.7 Å². The number of carbonyl (C=O) groups excluding carboxylic acids is 1. The summed E-state index contributed by atoms with van der Waals surface area (Å²) in [5, 5.41) is 6.46. The molecule has 12 nitrogen and oxygen atoms in total. The minimum atomic E-state index is -3.26. The zero-order valence-corrected chi connectivity index (χ0v) is 26.5. The molecular formula is C31H45F2N9O3S. The smallest absolute Gasteiger partial charge is 0.225 e. The fraction of sp³-hybridized carbons (Fsp3) is 0.613. The molecule has 3 aliphatic rings. The van der Waals surface area contributed by atoms with Crippen LogP contribution in [0.4, 0.5) is 26.4 Å². The molecule has 3 fully saturated rings. The Morgan fingerprint density at radius 2 is 1.61 bits per heavy atom. The average Bonchev–Trinajstić information content (AvgIpc) is 3.36. The Morgan fingerprint density at radius 1 is 0.935 bits per heavy atom. The Balaban J connectivity index is 0.00000417. The van der Waals surface area contributed by atoms with E-state index in [1.807, 2.05) is 9.47 Å². The van der Waals surface area contributed by atoms with E-state index < -0.39 is 21.7 Å². The number of amides is 1. The minimum absolute atomic E-state index is 0. The summed E-state index contributed by atoms with van der Waals surface area (Å²) in [7, 11) is -1.19. The van der Waals surface area contributed by atoms with E-state index in [4.69, 9.17) is 9.97 Å². The second-order valence-electron chi connectivity index (χ2n) is 12.7. The molecule has 46 heavy (non-hydrogen) atoms. The van der Waals surface area contributed by atoms with Gasteiger partial charge in [0.15, 0.2) is 5.65 Å².